The first-order valence-electron chi connectivity index (χ1n) is 21.4. The van der Waals surface area contributed by atoms with Crippen molar-refractivity contribution in [3.63, 3.8) is 0 Å². The minimum atomic E-state index is -0.946. The Bertz CT molecular complexity index is 2640. The van der Waals surface area contributed by atoms with E-state index in [1.54, 1.807) is 46.6 Å². The Labute approximate surface area is 370 Å². The van der Waals surface area contributed by atoms with Gasteiger partial charge in [-0.05, 0) is 108 Å². The number of halogens is 1. The van der Waals surface area contributed by atoms with Gasteiger partial charge in [0.25, 0.3) is 5.91 Å². The van der Waals surface area contributed by atoms with Gasteiger partial charge in [-0.2, -0.15) is 0 Å². The number of methoxy groups -OCH3 is 1. The lowest BCUT2D eigenvalue weighted by atomic mass is 9.92. The Morgan fingerprint density at radius 1 is 1.05 bits per heavy atom. The number of carbonyl (C=O) groups is 1. The number of carbonyl (C=O) groups excluding carboxylic acids is 1. The number of piperidine rings is 1. The third-order valence-corrected chi connectivity index (χ3v) is 11.1. The summed E-state index contributed by atoms with van der Waals surface area (Å²) in [6.07, 6.45) is 5.98. The highest BCUT2D eigenvalue weighted by molar-refractivity contribution is 6.08. The van der Waals surface area contributed by atoms with Gasteiger partial charge in [0, 0.05) is 72.1 Å². The predicted molar refractivity (Wildman–Crippen MR) is 252 cm³/mol. The first kappa shape index (κ1) is 51.0. The van der Waals surface area contributed by atoms with Crippen LogP contribution in [0.4, 0.5) is 4.39 Å². The zero-order chi connectivity index (χ0) is 47.3. The molecule has 63 heavy (non-hydrogen) atoms. The third-order valence-electron chi connectivity index (χ3n) is 11.1. The summed E-state index contributed by atoms with van der Waals surface area (Å²) in [7, 11) is 4.82. The van der Waals surface area contributed by atoms with Crippen LogP contribution in [0.3, 0.4) is 0 Å². The molecule has 1 fully saturated rings. The lowest BCUT2D eigenvalue weighted by Gasteiger charge is -2.38. The number of ether oxygens (including phenoxy) is 1. The molecule has 15 heteroatoms. The summed E-state index contributed by atoms with van der Waals surface area (Å²) in [5.74, 6) is -0.102. The van der Waals surface area contributed by atoms with Crippen molar-refractivity contribution < 1.29 is 18.4 Å². The maximum Gasteiger partial charge on any atom is 0.438 e. The van der Waals surface area contributed by atoms with Crippen LogP contribution >= 0.6 is 0 Å². The number of fused-ring (bicyclic) bond motifs is 1. The van der Waals surface area contributed by atoms with Crippen LogP contribution in [0.2, 0.25) is 0 Å². The van der Waals surface area contributed by atoms with Crippen molar-refractivity contribution in [1.29, 1.82) is 0 Å². The second-order valence-electron chi connectivity index (χ2n) is 14.6. The van der Waals surface area contributed by atoms with Crippen molar-refractivity contribution in [2.24, 2.45) is 10.7 Å². The number of benzene rings is 2. The van der Waals surface area contributed by atoms with Crippen LogP contribution in [0.5, 0.6) is 5.88 Å². The van der Waals surface area contributed by atoms with Gasteiger partial charge in [-0.25, -0.2) is 19.0 Å². The Balaban J connectivity index is 0.000000567. The minimum Gasteiger partial charge on any atom is -0.481 e. The Kier molecular flexibility index (Phi) is 18.3. The van der Waals surface area contributed by atoms with Crippen LogP contribution in [-0.2, 0) is 5.54 Å². The molecule has 0 aliphatic carbocycles. The van der Waals surface area contributed by atoms with E-state index in [9.17, 15) is 18.8 Å². The van der Waals surface area contributed by atoms with E-state index < -0.39 is 17.3 Å². The number of amides is 1. The second-order valence-corrected chi connectivity index (χ2v) is 14.6. The second kappa shape index (κ2) is 22.7. The molecule has 0 bridgehead atoms. The number of hydrogen-bond donors (Lipinski definition) is 3. The molecule has 4 N–H and O–H groups in total. The highest BCUT2D eigenvalue weighted by Gasteiger charge is 2.39. The molecule has 340 valence electrons. The van der Waals surface area contributed by atoms with Crippen LogP contribution in [0.1, 0.15) is 107 Å². The van der Waals surface area contributed by atoms with Crippen LogP contribution in [0.25, 0.3) is 27.7 Å². The highest BCUT2D eigenvalue weighted by atomic mass is 19.1. The van der Waals surface area contributed by atoms with E-state index in [2.05, 4.69) is 30.8 Å². The topological polar surface area (TPSA) is 182 Å². The van der Waals surface area contributed by atoms with E-state index in [1.165, 1.54) is 11.6 Å². The molecular weight excluding hydrogens is 802 g/mol. The summed E-state index contributed by atoms with van der Waals surface area (Å²) in [6.45, 7) is 23.7. The fraction of sp³-hybridized carbons (Fsp3) is 0.417. The number of imidazole rings is 1. The van der Waals surface area contributed by atoms with Crippen LogP contribution in [0, 0.1) is 33.5 Å². The van der Waals surface area contributed by atoms with Crippen LogP contribution in [0.15, 0.2) is 85.7 Å². The van der Waals surface area contributed by atoms with E-state index in [1.807, 2.05) is 121 Å². The lowest BCUT2D eigenvalue weighted by molar-refractivity contribution is 0.0699. The number of H-pyrrole nitrogens is 2. The Hall–Kier alpha value is -6.35. The van der Waals surface area contributed by atoms with Gasteiger partial charge in [0.05, 0.1) is 13.2 Å². The summed E-state index contributed by atoms with van der Waals surface area (Å²) in [5.41, 5.74) is 12.3. The zero-order valence-electron chi connectivity index (χ0n) is 39.7. The number of nitrogens with zero attached hydrogens (tertiary/aromatic N) is 6. The van der Waals surface area contributed by atoms with Crippen molar-refractivity contribution in [3.05, 3.63) is 127 Å². The summed E-state index contributed by atoms with van der Waals surface area (Å²) in [4.78, 5) is 55.6. The quantitative estimate of drug-likeness (QED) is 0.142. The molecule has 6 aromatic rings. The Morgan fingerprint density at radius 2 is 1.70 bits per heavy atom. The molecule has 0 radical (unpaired) electrons. The number of likely N-dealkylation sites (tertiary alicyclic amines) is 1. The first-order valence-corrected chi connectivity index (χ1v) is 21.4. The molecule has 0 saturated carbocycles. The van der Waals surface area contributed by atoms with E-state index in [4.69, 9.17) is 9.26 Å². The van der Waals surface area contributed by atoms with Gasteiger partial charge in [0.15, 0.2) is 5.82 Å². The standard InChI is InChI=1S/C34H38N8O5.C9H11F.2C2H6.CH5N/c1-8-34(5,31-38-33(45)47-39-31)42-26-10-9-22(24-11-13-36-29(46-7)19(24)2)17-23(26)18-27(42)30(43)40-15-12-25(35-6)28(20(40)3)21(4)41-16-14-37-32(41)44;1-6-4-7(2)9(10)8(3)5-6;3*1-2/h9-11,13-14,16-18,20H,8,12,15H2,1-7H3,(H,37,44)(H,38,39,45);4-5H,1-3H3;2*1-2H3;2H2,1H3/b28-21+,35-25?;;;;/t20-,34+;;;;/m0..../s1. The maximum absolute atomic E-state index is 14.8. The van der Waals surface area contributed by atoms with Gasteiger partial charge in [-0.15, -0.1) is 0 Å². The summed E-state index contributed by atoms with van der Waals surface area (Å²) in [6, 6.07) is 13.2. The number of aromatic nitrogens is 6. The monoisotopic (exact) mass is 868 g/mol. The van der Waals surface area contributed by atoms with Crippen molar-refractivity contribution in [2.75, 3.05) is 27.7 Å². The number of hydrogen-bond acceptors (Lipinski definition) is 9. The van der Waals surface area contributed by atoms with Crippen molar-refractivity contribution in [1.82, 2.24) is 34.1 Å². The molecule has 5 heterocycles. The summed E-state index contributed by atoms with van der Waals surface area (Å²) >= 11 is 0. The molecule has 1 saturated heterocycles. The van der Waals surface area contributed by atoms with Crippen molar-refractivity contribution in [3.8, 4) is 17.0 Å². The van der Waals surface area contributed by atoms with Crippen LogP contribution < -0.4 is 21.9 Å². The van der Waals surface area contributed by atoms with Crippen molar-refractivity contribution in [2.45, 2.75) is 108 Å². The number of aliphatic imine (C=N–C) groups is 1. The van der Waals surface area contributed by atoms with Crippen molar-refractivity contribution >= 4 is 28.2 Å². The van der Waals surface area contributed by atoms with Gasteiger partial charge in [-0.1, -0.05) is 63.5 Å². The fourth-order valence-electron chi connectivity index (χ4n) is 8.00. The molecule has 2 aromatic carbocycles. The molecule has 14 nitrogen and oxygen atoms in total. The number of rotatable bonds is 7. The largest absolute Gasteiger partial charge is 0.481 e. The van der Waals surface area contributed by atoms with E-state index in [0.29, 0.717) is 42.5 Å². The summed E-state index contributed by atoms with van der Waals surface area (Å²) < 4.78 is 26.8. The molecule has 2 atom stereocenters. The number of nitrogens with one attached hydrogen (secondary N) is 2. The van der Waals surface area contributed by atoms with Gasteiger partial charge in [0.2, 0.25) is 5.88 Å². The molecule has 7 rings (SSSR count). The molecule has 1 aliphatic heterocycles. The maximum atomic E-state index is 14.8. The molecule has 0 spiro atoms. The molecule has 1 aliphatic rings. The molecular formula is C48H66FN9O5. The SMILES string of the molecule is CC.CC.CC[C@](C)(c1noc(=O)[nH]1)n1c(C(=O)N2CCC(=NC)/C(=C(\C)n3cc[nH]c3=O)[C@@H]2C)cc2cc(-c3ccnc(OC)c3C)ccc21.CN.Cc1cc(C)c(F)c(C)c1. The minimum absolute atomic E-state index is 0.0781. The fourth-order valence-corrected chi connectivity index (χ4v) is 8.00. The van der Waals surface area contributed by atoms with Gasteiger partial charge >= 0.3 is 11.4 Å². The molecule has 1 amide bonds. The average Bonchev–Trinajstić information content (AvgIpc) is 4.05. The third kappa shape index (κ3) is 10.5. The predicted octanol–water partition coefficient (Wildman–Crippen LogP) is 8.97. The molecule has 0 unspecified atom stereocenters. The van der Waals surface area contributed by atoms with Gasteiger partial charge < -0.3 is 24.9 Å². The number of allylic oxidation sites excluding steroid dienone is 1. The zero-order valence-corrected chi connectivity index (χ0v) is 39.7. The van der Waals surface area contributed by atoms with E-state index >= 15 is 0 Å². The van der Waals surface area contributed by atoms with Crippen LogP contribution in [-0.4, -0.2) is 79.6 Å². The molecule has 4 aromatic heterocycles. The lowest BCUT2D eigenvalue weighted by Crippen LogP contribution is -2.48. The van der Waals surface area contributed by atoms with Gasteiger partial charge in [-0.3, -0.25) is 23.9 Å². The smallest absolute Gasteiger partial charge is 0.438 e. The summed E-state index contributed by atoms with van der Waals surface area (Å²) in [5, 5.41) is 4.90. The Morgan fingerprint density at radius 3 is 2.24 bits per heavy atom. The van der Waals surface area contributed by atoms with E-state index in [0.717, 1.165) is 55.6 Å². The number of nitrogens with two attached hydrogens (primary N) is 1. The normalized spacial score (nSPS) is 15.7. The first-order chi connectivity index (χ1) is 30.1. The highest BCUT2D eigenvalue weighted by Crippen LogP contribution is 2.38. The van der Waals surface area contributed by atoms with Gasteiger partial charge in [0.1, 0.15) is 17.1 Å². The number of pyridine rings is 1. The number of aromatic amines is 2. The average molecular weight is 868 g/mol. The number of aryl methyl sites for hydroxylation is 3. The van der Waals surface area contributed by atoms with E-state index in [-0.39, 0.29) is 17.4 Å².